The van der Waals surface area contributed by atoms with E-state index in [0.717, 1.165) is 39.0 Å². The Hall–Kier alpha value is -2.74. The SMILES string of the molecule is Cc1cc(C)n(-c2nncc3[nH]c(SCc4ccccn4)nc23)n1. The van der Waals surface area contributed by atoms with Crippen molar-refractivity contribution >= 4 is 22.8 Å². The third-order valence-corrected chi connectivity index (χ3v) is 4.46. The second-order valence-corrected chi connectivity index (χ2v) is 6.39. The van der Waals surface area contributed by atoms with Gasteiger partial charge in [0.25, 0.3) is 0 Å². The van der Waals surface area contributed by atoms with Gasteiger partial charge in [0.1, 0.15) is 5.52 Å². The number of imidazole rings is 1. The van der Waals surface area contributed by atoms with Crippen LogP contribution >= 0.6 is 11.8 Å². The van der Waals surface area contributed by atoms with Crippen LogP contribution in [0.5, 0.6) is 0 Å². The second kappa shape index (κ2) is 6.04. The summed E-state index contributed by atoms with van der Waals surface area (Å²) in [5.74, 6) is 1.38. The summed E-state index contributed by atoms with van der Waals surface area (Å²) in [7, 11) is 0. The first kappa shape index (κ1) is 14.8. The second-order valence-electron chi connectivity index (χ2n) is 5.42. The number of H-pyrrole nitrogens is 1. The molecule has 0 bridgehead atoms. The molecule has 1 N–H and O–H groups in total. The number of fused-ring (bicyclic) bond motifs is 1. The molecule has 0 amide bonds. The maximum absolute atomic E-state index is 4.67. The summed E-state index contributed by atoms with van der Waals surface area (Å²) in [4.78, 5) is 12.3. The van der Waals surface area contributed by atoms with Crippen molar-refractivity contribution < 1.29 is 0 Å². The van der Waals surface area contributed by atoms with Gasteiger partial charge in [-0.15, -0.1) is 5.10 Å². The molecule has 4 aromatic heterocycles. The Kier molecular flexibility index (Phi) is 3.73. The molecule has 0 radical (unpaired) electrons. The Labute approximate surface area is 142 Å². The average Bonchev–Trinajstić information content (AvgIpc) is 3.16. The van der Waals surface area contributed by atoms with E-state index in [1.165, 1.54) is 0 Å². The van der Waals surface area contributed by atoms with E-state index in [4.69, 9.17) is 0 Å². The van der Waals surface area contributed by atoms with E-state index in [1.54, 1.807) is 28.8 Å². The van der Waals surface area contributed by atoms with Crippen molar-refractivity contribution in [3.05, 3.63) is 53.7 Å². The number of aromatic nitrogens is 7. The van der Waals surface area contributed by atoms with Gasteiger partial charge in [0, 0.05) is 17.6 Å². The molecule has 120 valence electrons. The zero-order valence-electron chi connectivity index (χ0n) is 13.3. The lowest BCUT2D eigenvalue weighted by atomic mass is 10.4. The van der Waals surface area contributed by atoms with Crippen molar-refractivity contribution in [2.75, 3.05) is 0 Å². The molecule has 7 nitrogen and oxygen atoms in total. The van der Waals surface area contributed by atoms with Crippen molar-refractivity contribution in [1.82, 2.24) is 34.9 Å². The van der Waals surface area contributed by atoms with Crippen LogP contribution in [0, 0.1) is 13.8 Å². The zero-order chi connectivity index (χ0) is 16.5. The van der Waals surface area contributed by atoms with Gasteiger partial charge in [-0.3, -0.25) is 4.98 Å². The minimum Gasteiger partial charge on any atom is -0.331 e. The molecule has 0 saturated carbocycles. The quantitative estimate of drug-likeness (QED) is 0.576. The Morgan fingerprint density at radius 1 is 1.25 bits per heavy atom. The Bertz CT molecular complexity index is 990. The first-order chi connectivity index (χ1) is 11.7. The Morgan fingerprint density at radius 2 is 2.17 bits per heavy atom. The fourth-order valence-corrected chi connectivity index (χ4v) is 3.29. The third-order valence-electron chi connectivity index (χ3n) is 3.55. The molecule has 4 heterocycles. The van der Waals surface area contributed by atoms with Crippen LogP contribution in [0.15, 0.2) is 41.8 Å². The number of nitrogens with one attached hydrogen (secondary N) is 1. The molecule has 0 unspecified atom stereocenters. The summed E-state index contributed by atoms with van der Waals surface area (Å²) in [5, 5.41) is 13.6. The van der Waals surface area contributed by atoms with Gasteiger partial charge >= 0.3 is 0 Å². The van der Waals surface area contributed by atoms with E-state index in [1.807, 2.05) is 38.1 Å². The summed E-state index contributed by atoms with van der Waals surface area (Å²) in [6.07, 6.45) is 3.48. The summed E-state index contributed by atoms with van der Waals surface area (Å²) >= 11 is 1.60. The van der Waals surface area contributed by atoms with Gasteiger partial charge in [-0.2, -0.15) is 10.2 Å². The van der Waals surface area contributed by atoms with Crippen molar-refractivity contribution in [3.63, 3.8) is 0 Å². The number of hydrogen-bond donors (Lipinski definition) is 1. The molecule has 24 heavy (non-hydrogen) atoms. The van der Waals surface area contributed by atoms with E-state index in [2.05, 4.69) is 30.2 Å². The highest BCUT2D eigenvalue weighted by Crippen LogP contribution is 2.24. The predicted molar refractivity (Wildman–Crippen MR) is 92.1 cm³/mol. The first-order valence-corrected chi connectivity index (χ1v) is 8.47. The van der Waals surface area contributed by atoms with Crippen molar-refractivity contribution in [3.8, 4) is 5.82 Å². The van der Waals surface area contributed by atoms with Crippen molar-refractivity contribution in [1.29, 1.82) is 0 Å². The summed E-state index contributed by atoms with van der Waals surface area (Å²) < 4.78 is 1.78. The van der Waals surface area contributed by atoms with Gasteiger partial charge in [-0.05, 0) is 32.0 Å². The van der Waals surface area contributed by atoms with Crippen LogP contribution < -0.4 is 0 Å². The lowest BCUT2D eigenvalue weighted by Crippen LogP contribution is -2.04. The van der Waals surface area contributed by atoms with Crippen LogP contribution in [-0.4, -0.2) is 34.9 Å². The van der Waals surface area contributed by atoms with Gasteiger partial charge in [-0.25, -0.2) is 9.67 Å². The van der Waals surface area contributed by atoms with Crippen LogP contribution in [0.25, 0.3) is 16.9 Å². The summed E-state index contributed by atoms with van der Waals surface area (Å²) in [5.41, 5.74) is 4.56. The Balaban J connectivity index is 1.68. The van der Waals surface area contributed by atoms with Crippen molar-refractivity contribution in [2.24, 2.45) is 0 Å². The minimum atomic E-state index is 0.638. The minimum absolute atomic E-state index is 0.638. The van der Waals surface area contributed by atoms with Crippen LogP contribution in [0.2, 0.25) is 0 Å². The summed E-state index contributed by atoms with van der Waals surface area (Å²) in [6.45, 7) is 3.94. The molecule has 0 saturated heterocycles. The monoisotopic (exact) mass is 337 g/mol. The van der Waals surface area contributed by atoms with Gasteiger partial charge in [0.05, 0.1) is 23.1 Å². The largest absolute Gasteiger partial charge is 0.331 e. The van der Waals surface area contributed by atoms with E-state index < -0.39 is 0 Å². The predicted octanol–water partition coefficient (Wildman–Crippen LogP) is 2.84. The van der Waals surface area contributed by atoms with E-state index in [9.17, 15) is 0 Å². The number of hydrogen-bond acceptors (Lipinski definition) is 6. The first-order valence-electron chi connectivity index (χ1n) is 7.48. The van der Waals surface area contributed by atoms with E-state index in [-0.39, 0.29) is 0 Å². The molecule has 0 aliphatic carbocycles. The molecule has 4 rings (SSSR count). The van der Waals surface area contributed by atoms with Crippen LogP contribution in [0.1, 0.15) is 17.1 Å². The molecule has 0 fully saturated rings. The van der Waals surface area contributed by atoms with E-state index >= 15 is 0 Å². The maximum atomic E-state index is 4.67. The molecule has 8 heteroatoms. The van der Waals surface area contributed by atoms with Gasteiger partial charge < -0.3 is 4.98 Å². The van der Waals surface area contributed by atoms with Crippen LogP contribution in [-0.2, 0) is 5.75 Å². The number of thioether (sulfide) groups is 1. The normalized spacial score (nSPS) is 11.2. The highest BCUT2D eigenvalue weighted by Gasteiger charge is 2.14. The van der Waals surface area contributed by atoms with Gasteiger partial charge in [0.2, 0.25) is 5.82 Å². The van der Waals surface area contributed by atoms with Gasteiger partial charge in [0.15, 0.2) is 5.16 Å². The maximum Gasteiger partial charge on any atom is 0.204 e. The smallest absolute Gasteiger partial charge is 0.204 e. The number of rotatable bonds is 4. The average molecular weight is 337 g/mol. The van der Waals surface area contributed by atoms with Crippen LogP contribution in [0.3, 0.4) is 0 Å². The molecule has 0 spiro atoms. The fourth-order valence-electron chi connectivity index (χ4n) is 2.50. The topological polar surface area (TPSA) is 85.2 Å². The molecular weight excluding hydrogens is 322 g/mol. The fraction of sp³-hybridized carbons (Fsp3) is 0.188. The molecule has 0 aliphatic rings. The third kappa shape index (κ3) is 2.76. The number of aromatic amines is 1. The van der Waals surface area contributed by atoms with Crippen molar-refractivity contribution in [2.45, 2.75) is 24.8 Å². The number of nitrogens with zero attached hydrogens (tertiary/aromatic N) is 6. The molecule has 4 aromatic rings. The highest BCUT2D eigenvalue weighted by molar-refractivity contribution is 7.98. The molecule has 0 aliphatic heterocycles. The number of aryl methyl sites for hydroxylation is 2. The zero-order valence-corrected chi connectivity index (χ0v) is 14.1. The highest BCUT2D eigenvalue weighted by atomic mass is 32.2. The standard InChI is InChI=1S/C16H15N7S/c1-10-7-11(2)23(22-10)15-14-13(8-18-21-15)19-16(20-14)24-9-12-5-3-4-6-17-12/h3-8H,9H2,1-2H3,(H,19,20). The molecule has 0 atom stereocenters. The van der Waals surface area contributed by atoms with E-state index in [0.29, 0.717) is 5.82 Å². The van der Waals surface area contributed by atoms with Crippen LogP contribution in [0.4, 0.5) is 0 Å². The lowest BCUT2D eigenvalue weighted by molar-refractivity contribution is 0.789. The number of pyridine rings is 1. The summed E-state index contributed by atoms with van der Waals surface area (Å²) in [6, 6.07) is 7.90. The molecule has 0 aromatic carbocycles. The molecular formula is C16H15N7S. The van der Waals surface area contributed by atoms with Gasteiger partial charge in [-0.1, -0.05) is 17.8 Å². The Morgan fingerprint density at radius 3 is 2.92 bits per heavy atom. The lowest BCUT2D eigenvalue weighted by Gasteiger charge is -2.02.